The van der Waals surface area contributed by atoms with Gasteiger partial charge in [0, 0.05) is 17.7 Å². The summed E-state index contributed by atoms with van der Waals surface area (Å²) in [5.41, 5.74) is 7.54. The zero-order valence-electron chi connectivity index (χ0n) is 8.36. The third-order valence-electron chi connectivity index (χ3n) is 2.02. The Labute approximate surface area is 82.9 Å². The van der Waals surface area contributed by atoms with E-state index in [1.807, 2.05) is 13.0 Å². The van der Waals surface area contributed by atoms with E-state index in [1.54, 1.807) is 13.0 Å². The van der Waals surface area contributed by atoms with Gasteiger partial charge in [0.05, 0.1) is 4.92 Å². The van der Waals surface area contributed by atoms with Crippen LogP contribution in [0, 0.1) is 17.0 Å². The largest absolute Gasteiger partial charge is 0.328 e. The molecule has 0 fully saturated rings. The van der Waals surface area contributed by atoms with Crippen LogP contribution in [0.5, 0.6) is 0 Å². The van der Waals surface area contributed by atoms with Crippen molar-refractivity contribution in [3.05, 3.63) is 39.4 Å². The lowest BCUT2D eigenvalue weighted by atomic mass is 10.0. The van der Waals surface area contributed by atoms with Gasteiger partial charge in [0.2, 0.25) is 0 Å². The van der Waals surface area contributed by atoms with Crippen molar-refractivity contribution in [3.8, 4) is 0 Å². The first kappa shape index (κ1) is 10.7. The van der Waals surface area contributed by atoms with E-state index in [0.29, 0.717) is 5.56 Å². The molecule has 2 N–H and O–H groups in total. The van der Waals surface area contributed by atoms with Crippen molar-refractivity contribution in [2.75, 3.05) is 0 Å². The highest BCUT2D eigenvalue weighted by Crippen LogP contribution is 2.19. The molecule has 1 aromatic carbocycles. The zero-order chi connectivity index (χ0) is 10.7. The molecule has 0 saturated carbocycles. The molecular weight excluding hydrogens is 180 g/mol. The maximum absolute atomic E-state index is 10.5. The van der Waals surface area contributed by atoms with Gasteiger partial charge in [-0.2, -0.15) is 0 Å². The Balaban J connectivity index is 2.94. The van der Waals surface area contributed by atoms with E-state index < -0.39 is 0 Å². The van der Waals surface area contributed by atoms with Crippen molar-refractivity contribution in [2.24, 2.45) is 5.73 Å². The summed E-state index contributed by atoms with van der Waals surface area (Å²) in [6.45, 7) is 3.65. The molecule has 1 rings (SSSR count). The van der Waals surface area contributed by atoms with Crippen LogP contribution in [-0.2, 0) is 6.42 Å². The molecule has 0 unspecified atom stereocenters. The Morgan fingerprint density at radius 3 is 2.64 bits per heavy atom. The van der Waals surface area contributed by atoms with Gasteiger partial charge in [-0.3, -0.25) is 10.1 Å². The highest BCUT2D eigenvalue weighted by Gasteiger charge is 2.10. The predicted molar refractivity (Wildman–Crippen MR) is 55.2 cm³/mol. The Morgan fingerprint density at radius 2 is 2.21 bits per heavy atom. The molecule has 0 heterocycles. The second kappa shape index (κ2) is 4.19. The molecule has 0 aromatic heterocycles. The lowest BCUT2D eigenvalue weighted by molar-refractivity contribution is -0.385. The van der Waals surface area contributed by atoms with Crippen molar-refractivity contribution in [1.29, 1.82) is 0 Å². The fourth-order valence-electron chi connectivity index (χ4n) is 1.42. The Kier molecular flexibility index (Phi) is 3.19. The minimum absolute atomic E-state index is 0.0795. The fraction of sp³-hybridized carbons (Fsp3) is 0.400. The first-order chi connectivity index (χ1) is 6.50. The van der Waals surface area contributed by atoms with Crippen LogP contribution in [-0.4, -0.2) is 11.0 Å². The number of nitro groups is 1. The molecule has 1 aromatic rings. The topological polar surface area (TPSA) is 69.2 Å². The van der Waals surface area contributed by atoms with Crippen molar-refractivity contribution in [2.45, 2.75) is 26.3 Å². The van der Waals surface area contributed by atoms with Gasteiger partial charge in [0.25, 0.3) is 5.69 Å². The van der Waals surface area contributed by atoms with Crippen LogP contribution in [0.1, 0.15) is 18.1 Å². The zero-order valence-corrected chi connectivity index (χ0v) is 8.36. The van der Waals surface area contributed by atoms with Crippen molar-refractivity contribution in [1.82, 2.24) is 0 Å². The summed E-state index contributed by atoms with van der Waals surface area (Å²) < 4.78 is 0. The average molecular weight is 194 g/mol. The lowest BCUT2D eigenvalue weighted by Crippen LogP contribution is -2.17. The van der Waals surface area contributed by atoms with E-state index in [9.17, 15) is 10.1 Å². The molecule has 0 radical (unpaired) electrons. The Bertz CT molecular complexity index is 348. The molecule has 0 aliphatic carbocycles. The van der Waals surface area contributed by atoms with Crippen LogP contribution in [0.2, 0.25) is 0 Å². The van der Waals surface area contributed by atoms with E-state index in [1.165, 1.54) is 6.07 Å². The number of hydrogen-bond donors (Lipinski definition) is 1. The number of nitro benzene ring substituents is 1. The van der Waals surface area contributed by atoms with Crippen molar-refractivity contribution < 1.29 is 4.92 Å². The molecule has 1 atom stereocenters. The molecule has 14 heavy (non-hydrogen) atoms. The van der Waals surface area contributed by atoms with E-state index in [4.69, 9.17) is 5.73 Å². The second-order valence-corrected chi connectivity index (χ2v) is 3.56. The third-order valence-corrected chi connectivity index (χ3v) is 2.02. The summed E-state index contributed by atoms with van der Waals surface area (Å²) in [4.78, 5) is 10.2. The van der Waals surface area contributed by atoms with E-state index in [-0.39, 0.29) is 16.7 Å². The minimum Gasteiger partial charge on any atom is -0.328 e. The van der Waals surface area contributed by atoms with Crippen LogP contribution in [0.25, 0.3) is 0 Å². The van der Waals surface area contributed by atoms with Crippen LogP contribution in [0.3, 0.4) is 0 Å². The summed E-state index contributed by atoms with van der Waals surface area (Å²) in [7, 11) is 0. The van der Waals surface area contributed by atoms with Gasteiger partial charge in [-0.25, -0.2) is 0 Å². The molecular formula is C10H14N2O2. The van der Waals surface area contributed by atoms with E-state index in [2.05, 4.69) is 0 Å². The molecule has 0 amide bonds. The molecule has 0 saturated heterocycles. The van der Waals surface area contributed by atoms with Gasteiger partial charge in [0.15, 0.2) is 0 Å². The number of rotatable bonds is 3. The van der Waals surface area contributed by atoms with E-state index >= 15 is 0 Å². The molecule has 76 valence electrons. The molecule has 0 aliphatic rings. The maximum Gasteiger partial charge on any atom is 0.272 e. The molecule has 0 bridgehead atoms. The number of nitrogens with two attached hydrogens (primary N) is 1. The van der Waals surface area contributed by atoms with Gasteiger partial charge in [0.1, 0.15) is 0 Å². The summed E-state index contributed by atoms with van der Waals surface area (Å²) in [5, 5.41) is 10.5. The van der Waals surface area contributed by atoms with Crippen molar-refractivity contribution >= 4 is 5.69 Å². The van der Waals surface area contributed by atoms with Gasteiger partial charge in [-0.05, 0) is 31.9 Å². The summed E-state index contributed by atoms with van der Waals surface area (Å²) >= 11 is 0. The summed E-state index contributed by atoms with van der Waals surface area (Å²) in [6.07, 6.45) is 0.749. The van der Waals surface area contributed by atoms with Crippen LogP contribution in [0.15, 0.2) is 18.2 Å². The fourth-order valence-corrected chi connectivity index (χ4v) is 1.42. The standard InChI is InChI=1S/C10H14N2O2/c1-7-5-9(6-8(2)11)3-4-10(7)12(13)14/h3-5,8H,6,11H2,1-2H3/t8-/m1/s1. The van der Waals surface area contributed by atoms with E-state index in [0.717, 1.165) is 12.0 Å². The van der Waals surface area contributed by atoms with Gasteiger partial charge in [-0.1, -0.05) is 6.07 Å². The average Bonchev–Trinajstić information content (AvgIpc) is 2.01. The van der Waals surface area contributed by atoms with Gasteiger partial charge in [-0.15, -0.1) is 0 Å². The smallest absolute Gasteiger partial charge is 0.272 e. The number of hydrogen-bond acceptors (Lipinski definition) is 3. The van der Waals surface area contributed by atoms with Gasteiger partial charge < -0.3 is 5.73 Å². The monoisotopic (exact) mass is 194 g/mol. The first-order valence-electron chi connectivity index (χ1n) is 4.50. The number of aryl methyl sites for hydroxylation is 1. The molecule has 4 nitrogen and oxygen atoms in total. The Morgan fingerprint density at radius 1 is 1.57 bits per heavy atom. The van der Waals surface area contributed by atoms with Crippen LogP contribution < -0.4 is 5.73 Å². The highest BCUT2D eigenvalue weighted by molar-refractivity contribution is 5.41. The maximum atomic E-state index is 10.5. The molecule has 0 spiro atoms. The third kappa shape index (κ3) is 2.53. The first-order valence-corrected chi connectivity index (χ1v) is 4.50. The summed E-state index contributed by atoms with van der Waals surface area (Å²) in [5.74, 6) is 0. The molecule has 0 aliphatic heterocycles. The predicted octanol–water partition coefficient (Wildman–Crippen LogP) is 1.79. The van der Waals surface area contributed by atoms with Crippen LogP contribution in [0.4, 0.5) is 5.69 Å². The minimum atomic E-state index is -0.370. The molecule has 4 heteroatoms. The lowest BCUT2D eigenvalue weighted by Gasteiger charge is -2.05. The van der Waals surface area contributed by atoms with Crippen LogP contribution >= 0.6 is 0 Å². The highest BCUT2D eigenvalue weighted by atomic mass is 16.6. The Hall–Kier alpha value is -1.42. The van der Waals surface area contributed by atoms with Gasteiger partial charge >= 0.3 is 0 Å². The normalized spacial score (nSPS) is 12.5. The number of benzene rings is 1. The van der Waals surface area contributed by atoms with Crippen molar-refractivity contribution in [3.63, 3.8) is 0 Å². The SMILES string of the molecule is Cc1cc(C[C@@H](C)N)ccc1[N+](=O)[O-]. The quantitative estimate of drug-likeness (QED) is 0.589. The second-order valence-electron chi connectivity index (χ2n) is 3.56. The number of nitrogens with zero attached hydrogens (tertiary/aromatic N) is 1. The summed E-state index contributed by atoms with van der Waals surface area (Å²) in [6, 6.07) is 5.19.